The first kappa shape index (κ1) is 17.3. The topological polar surface area (TPSA) is 38.7 Å². The molecule has 0 aliphatic rings. The van der Waals surface area contributed by atoms with Gasteiger partial charge in [0.2, 0.25) is 0 Å². The fourth-order valence-corrected chi connectivity index (χ4v) is 3.46. The van der Waals surface area contributed by atoms with Crippen LogP contribution < -0.4 is 0 Å². The van der Waals surface area contributed by atoms with Crippen molar-refractivity contribution in [3.8, 4) is 33.6 Å². The Kier molecular flexibility index (Phi) is 4.34. The van der Waals surface area contributed by atoms with Gasteiger partial charge in [-0.05, 0) is 30.2 Å². The van der Waals surface area contributed by atoms with Crippen LogP contribution in [-0.4, -0.2) is 15.0 Å². The lowest BCUT2D eigenvalue weighted by Gasteiger charge is -2.11. The first-order chi connectivity index (χ1) is 14.3. The Labute approximate surface area is 169 Å². The van der Waals surface area contributed by atoms with Crippen LogP contribution in [0.25, 0.3) is 44.8 Å². The van der Waals surface area contributed by atoms with Crippen LogP contribution in [0.3, 0.4) is 0 Å². The second-order valence-electron chi connectivity index (χ2n) is 7.08. The summed E-state index contributed by atoms with van der Waals surface area (Å²) < 4.78 is 0. The van der Waals surface area contributed by atoms with Crippen molar-refractivity contribution in [2.24, 2.45) is 0 Å². The third kappa shape index (κ3) is 3.39. The van der Waals surface area contributed by atoms with Crippen LogP contribution in [0, 0.1) is 6.92 Å². The second kappa shape index (κ2) is 7.28. The fourth-order valence-electron chi connectivity index (χ4n) is 3.46. The van der Waals surface area contributed by atoms with Gasteiger partial charge in [-0.25, -0.2) is 15.0 Å². The van der Waals surface area contributed by atoms with E-state index < -0.39 is 0 Å². The molecule has 0 radical (unpaired) electrons. The van der Waals surface area contributed by atoms with Crippen LogP contribution in [0.5, 0.6) is 0 Å². The third-order valence-corrected chi connectivity index (χ3v) is 5.03. The van der Waals surface area contributed by atoms with E-state index in [1.54, 1.807) is 6.20 Å². The highest BCUT2D eigenvalue weighted by atomic mass is 14.9. The van der Waals surface area contributed by atoms with Gasteiger partial charge in [0, 0.05) is 17.3 Å². The Morgan fingerprint density at radius 1 is 0.517 bits per heavy atom. The van der Waals surface area contributed by atoms with Crippen molar-refractivity contribution < 1.29 is 0 Å². The predicted octanol–water partition coefficient (Wildman–Crippen LogP) is 6.33. The van der Waals surface area contributed by atoms with Crippen LogP contribution in [0.4, 0.5) is 0 Å². The van der Waals surface area contributed by atoms with E-state index >= 15 is 0 Å². The highest BCUT2D eigenvalue weighted by molar-refractivity contribution is 5.85. The number of hydrogen-bond acceptors (Lipinski definition) is 3. The largest absolute Gasteiger partial charge is 0.242 e. The summed E-state index contributed by atoms with van der Waals surface area (Å²) in [4.78, 5) is 14.1. The van der Waals surface area contributed by atoms with E-state index in [1.807, 2.05) is 30.3 Å². The molecule has 0 fully saturated rings. The second-order valence-corrected chi connectivity index (χ2v) is 7.08. The normalized spacial score (nSPS) is 10.9. The summed E-state index contributed by atoms with van der Waals surface area (Å²) >= 11 is 0. The molecule has 2 aromatic heterocycles. The van der Waals surface area contributed by atoms with Gasteiger partial charge < -0.3 is 0 Å². The number of hydrogen-bond donors (Lipinski definition) is 0. The summed E-state index contributed by atoms with van der Waals surface area (Å²) in [6.07, 6.45) is 1.75. The molecule has 0 N–H and O–H groups in total. The highest BCUT2D eigenvalue weighted by Gasteiger charge is 2.13. The number of rotatable bonds is 3. The van der Waals surface area contributed by atoms with E-state index in [1.165, 1.54) is 16.7 Å². The van der Waals surface area contributed by atoms with Gasteiger partial charge in [0.1, 0.15) is 5.52 Å². The molecule has 0 aliphatic carbocycles. The van der Waals surface area contributed by atoms with Crippen LogP contribution in [0.2, 0.25) is 0 Å². The quantitative estimate of drug-likeness (QED) is 0.371. The van der Waals surface area contributed by atoms with Crippen LogP contribution in [0.1, 0.15) is 5.56 Å². The predicted molar refractivity (Wildman–Crippen MR) is 118 cm³/mol. The zero-order valence-electron chi connectivity index (χ0n) is 16.1. The van der Waals surface area contributed by atoms with E-state index in [4.69, 9.17) is 9.97 Å². The molecule has 0 amide bonds. The molecule has 0 spiro atoms. The van der Waals surface area contributed by atoms with Gasteiger partial charge in [0.15, 0.2) is 5.65 Å². The molecular formula is C26H19N3. The molecule has 5 aromatic rings. The molecule has 29 heavy (non-hydrogen) atoms. The average Bonchev–Trinajstić information content (AvgIpc) is 2.79. The molecule has 5 rings (SSSR count). The number of aryl methyl sites for hydroxylation is 1. The highest BCUT2D eigenvalue weighted by Crippen LogP contribution is 2.32. The maximum atomic E-state index is 4.91. The van der Waals surface area contributed by atoms with Crippen LogP contribution in [0.15, 0.2) is 97.2 Å². The van der Waals surface area contributed by atoms with Crippen molar-refractivity contribution >= 4 is 11.2 Å². The van der Waals surface area contributed by atoms with E-state index in [-0.39, 0.29) is 0 Å². The minimum absolute atomic E-state index is 0.659. The van der Waals surface area contributed by atoms with E-state index in [9.17, 15) is 0 Å². The van der Waals surface area contributed by atoms with Gasteiger partial charge in [0.05, 0.1) is 11.4 Å². The number of pyridine rings is 1. The fraction of sp³-hybridized carbons (Fsp3) is 0.0385. The number of aromatic nitrogens is 3. The lowest BCUT2D eigenvalue weighted by molar-refractivity contribution is 1.23. The average molecular weight is 373 g/mol. The smallest absolute Gasteiger partial charge is 0.178 e. The van der Waals surface area contributed by atoms with Gasteiger partial charge in [-0.2, -0.15) is 0 Å². The van der Waals surface area contributed by atoms with E-state index in [2.05, 4.69) is 72.6 Å². The molecule has 3 heteroatoms. The van der Waals surface area contributed by atoms with Gasteiger partial charge in [-0.15, -0.1) is 0 Å². The van der Waals surface area contributed by atoms with Crippen LogP contribution in [-0.2, 0) is 0 Å². The SMILES string of the molecule is Cc1ccc(-c2ccc(-c3nc4cccnc4nc3-c3ccccc3)cc2)cc1. The van der Waals surface area contributed by atoms with Gasteiger partial charge >= 0.3 is 0 Å². The van der Waals surface area contributed by atoms with Gasteiger partial charge in [-0.1, -0.05) is 84.4 Å². The number of fused-ring (bicyclic) bond motifs is 1. The van der Waals surface area contributed by atoms with Crippen molar-refractivity contribution in [3.63, 3.8) is 0 Å². The summed E-state index contributed by atoms with van der Waals surface area (Å²) in [5.74, 6) is 0. The maximum Gasteiger partial charge on any atom is 0.178 e. The summed E-state index contributed by atoms with van der Waals surface area (Å²) in [5.41, 5.74) is 8.90. The molecule has 2 heterocycles. The van der Waals surface area contributed by atoms with Crippen molar-refractivity contribution in [2.75, 3.05) is 0 Å². The summed E-state index contributed by atoms with van der Waals surface area (Å²) in [5, 5.41) is 0. The number of benzene rings is 3. The molecule has 0 unspecified atom stereocenters. The summed E-state index contributed by atoms with van der Waals surface area (Å²) in [6.45, 7) is 2.10. The molecule has 0 aliphatic heterocycles. The molecule has 0 saturated heterocycles. The molecule has 138 valence electrons. The lowest BCUT2D eigenvalue weighted by Crippen LogP contribution is -1.96. The molecule has 0 atom stereocenters. The Morgan fingerprint density at radius 3 is 1.83 bits per heavy atom. The molecular weight excluding hydrogens is 354 g/mol. The maximum absolute atomic E-state index is 4.91. The molecule has 3 nitrogen and oxygen atoms in total. The molecule has 3 aromatic carbocycles. The van der Waals surface area contributed by atoms with Gasteiger partial charge in [0.25, 0.3) is 0 Å². The van der Waals surface area contributed by atoms with Crippen molar-refractivity contribution in [1.29, 1.82) is 0 Å². The standard InChI is InChI=1S/C26H19N3/c1-18-9-11-19(12-10-18)20-13-15-22(16-14-20)24-25(21-6-3-2-4-7-21)29-26-23(28-24)8-5-17-27-26/h2-17H,1H3. The third-order valence-electron chi connectivity index (χ3n) is 5.03. The summed E-state index contributed by atoms with van der Waals surface area (Å²) in [6, 6.07) is 31.1. The number of nitrogens with zero attached hydrogens (tertiary/aromatic N) is 3. The first-order valence-corrected chi connectivity index (χ1v) is 9.63. The van der Waals surface area contributed by atoms with Crippen molar-refractivity contribution in [1.82, 2.24) is 15.0 Å². The monoisotopic (exact) mass is 373 g/mol. The lowest BCUT2D eigenvalue weighted by atomic mass is 9.99. The molecule has 0 bridgehead atoms. The van der Waals surface area contributed by atoms with Gasteiger partial charge in [-0.3, -0.25) is 0 Å². The minimum atomic E-state index is 0.659. The zero-order chi connectivity index (χ0) is 19.6. The van der Waals surface area contributed by atoms with Crippen molar-refractivity contribution in [3.05, 3.63) is 103 Å². The summed E-state index contributed by atoms with van der Waals surface area (Å²) in [7, 11) is 0. The first-order valence-electron chi connectivity index (χ1n) is 9.63. The Morgan fingerprint density at radius 2 is 1.10 bits per heavy atom. The Balaban J connectivity index is 1.64. The Hall–Kier alpha value is -3.85. The van der Waals surface area contributed by atoms with Crippen molar-refractivity contribution in [2.45, 2.75) is 6.92 Å². The Bertz CT molecular complexity index is 1280. The minimum Gasteiger partial charge on any atom is -0.242 e. The van der Waals surface area contributed by atoms with E-state index in [0.29, 0.717) is 5.65 Å². The van der Waals surface area contributed by atoms with Crippen LogP contribution >= 0.6 is 0 Å². The zero-order valence-corrected chi connectivity index (χ0v) is 16.1. The van der Waals surface area contributed by atoms with E-state index in [0.717, 1.165) is 28.0 Å². The molecule has 0 saturated carbocycles.